The van der Waals surface area contributed by atoms with E-state index >= 15 is 0 Å². The number of likely N-dealkylation sites (tertiary alicyclic amines) is 1. The molecular formula is C25H33F2N3O2. The molecule has 7 heteroatoms. The lowest BCUT2D eigenvalue weighted by molar-refractivity contribution is 0.0659. The molecule has 0 aromatic heterocycles. The van der Waals surface area contributed by atoms with Crippen LogP contribution in [0.5, 0.6) is 5.75 Å². The van der Waals surface area contributed by atoms with E-state index in [2.05, 4.69) is 11.0 Å². The molecule has 1 atom stereocenters. The van der Waals surface area contributed by atoms with E-state index in [-0.39, 0.29) is 11.5 Å². The van der Waals surface area contributed by atoms with E-state index in [0.29, 0.717) is 25.6 Å². The molecule has 0 N–H and O–H groups in total. The highest BCUT2D eigenvalue weighted by atomic mass is 19.2. The van der Waals surface area contributed by atoms with Gasteiger partial charge in [0, 0.05) is 43.9 Å². The van der Waals surface area contributed by atoms with Gasteiger partial charge in [0.25, 0.3) is 5.91 Å². The van der Waals surface area contributed by atoms with Crippen molar-refractivity contribution in [2.75, 3.05) is 53.9 Å². The highest BCUT2D eigenvalue weighted by molar-refractivity contribution is 5.94. The Balaban J connectivity index is 1.69. The summed E-state index contributed by atoms with van der Waals surface area (Å²) in [4.78, 5) is 19.3. The summed E-state index contributed by atoms with van der Waals surface area (Å²) in [6.45, 7) is 4.51. The predicted octanol–water partition coefficient (Wildman–Crippen LogP) is 3.89. The SMILES string of the molecule is COc1ccccc1CN1CCC[C@@H](CN(CCN(C)C)C(=O)c2ccc(F)c(F)c2)C1. The lowest BCUT2D eigenvalue weighted by Gasteiger charge is -2.36. The van der Waals surface area contributed by atoms with E-state index in [1.54, 1.807) is 12.0 Å². The van der Waals surface area contributed by atoms with Crippen molar-refractivity contribution in [3.05, 3.63) is 65.2 Å². The smallest absolute Gasteiger partial charge is 0.254 e. The van der Waals surface area contributed by atoms with Gasteiger partial charge in [0.15, 0.2) is 11.6 Å². The normalized spacial score (nSPS) is 16.9. The fraction of sp³-hybridized carbons (Fsp3) is 0.480. The Hall–Kier alpha value is -2.51. The lowest BCUT2D eigenvalue weighted by atomic mass is 9.96. The maximum absolute atomic E-state index is 13.7. The maximum Gasteiger partial charge on any atom is 0.254 e. The Kier molecular flexibility index (Phi) is 8.59. The summed E-state index contributed by atoms with van der Waals surface area (Å²) >= 11 is 0. The molecule has 0 aliphatic carbocycles. The summed E-state index contributed by atoms with van der Waals surface area (Å²) < 4.78 is 32.6. The molecule has 0 unspecified atom stereocenters. The van der Waals surface area contributed by atoms with Crippen molar-refractivity contribution in [1.29, 1.82) is 0 Å². The molecule has 0 spiro atoms. The van der Waals surface area contributed by atoms with Crippen molar-refractivity contribution in [2.24, 2.45) is 5.92 Å². The highest BCUT2D eigenvalue weighted by Crippen LogP contribution is 2.24. The third-order valence-corrected chi connectivity index (χ3v) is 5.94. The van der Waals surface area contributed by atoms with Crippen LogP contribution in [0.15, 0.2) is 42.5 Å². The van der Waals surface area contributed by atoms with Gasteiger partial charge in [-0.3, -0.25) is 9.69 Å². The number of para-hydroxylation sites is 1. The van der Waals surface area contributed by atoms with Crippen LogP contribution in [-0.2, 0) is 6.54 Å². The number of methoxy groups -OCH3 is 1. The fourth-order valence-electron chi connectivity index (χ4n) is 4.24. The summed E-state index contributed by atoms with van der Waals surface area (Å²) in [6.07, 6.45) is 2.09. The Labute approximate surface area is 189 Å². The molecule has 1 aliphatic heterocycles. The molecule has 1 heterocycles. The minimum atomic E-state index is -0.996. The van der Waals surface area contributed by atoms with Crippen LogP contribution in [0.3, 0.4) is 0 Å². The van der Waals surface area contributed by atoms with Crippen LogP contribution in [0.25, 0.3) is 0 Å². The van der Waals surface area contributed by atoms with Crippen LogP contribution in [0, 0.1) is 17.6 Å². The number of hydrogen-bond acceptors (Lipinski definition) is 4. The predicted molar refractivity (Wildman–Crippen MR) is 122 cm³/mol. The van der Waals surface area contributed by atoms with Gasteiger partial charge in [0.2, 0.25) is 0 Å². The van der Waals surface area contributed by atoms with Crippen molar-refractivity contribution < 1.29 is 18.3 Å². The molecule has 0 radical (unpaired) electrons. The topological polar surface area (TPSA) is 36.0 Å². The van der Waals surface area contributed by atoms with E-state index in [9.17, 15) is 13.6 Å². The number of likely N-dealkylation sites (N-methyl/N-ethyl adjacent to an activating group) is 1. The van der Waals surface area contributed by atoms with Crippen LogP contribution in [-0.4, -0.2) is 74.5 Å². The van der Waals surface area contributed by atoms with Crippen molar-refractivity contribution in [3.8, 4) is 5.75 Å². The summed E-state index contributed by atoms with van der Waals surface area (Å²) in [6, 6.07) is 11.4. The van der Waals surface area contributed by atoms with Gasteiger partial charge in [0.05, 0.1) is 7.11 Å². The van der Waals surface area contributed by atoms with E-state index in [1.807, 2.05) is 37.2 Å². The van der Waals surface area contributed by atoms with E-state index in [0.717, 1.165) is 55.9 Å². The molecule has 3 rings (SSSR count). The quantitative estimate of drug-likeness (QED) is 0.587. The lowest BCUT2D eigenvalue weighted by Crippen LogP contribution is -2.44. The first-order valence-corrected chi connectivity index (χ1v) is 11.1. The van der Waals surface area contributed by atoms with Gasteiger partial charge in [-0.2, -0.15) is 0 Å². The number of piperidine rings is 1. The molecule has 32 heavy (non-hydrogen) atoms. The van der Waals surface area contributed by atoms with Crippen molar-refractivity contribution >= 4 is 5.91 Å². The number of benzene rings is 2. The highest BCUT2D eigenvalue weighted by Gasteiger charge is 2.26. The number of hydrogen-bond donors (Lipinski definition) is 0. The van der Waals surface area contributed by atoms with Crippen LogP contribution in [0.4, 0.5) is 8.78 Å². The first-order valence-electron chi connectivity index (χ1n) is 11.1. The number of nitrogens with zero attached hydrogens (tertiary/aromatic N) is 3. The van der Waals surface area contributed by atoms with Crippen LogP contribution < -0.4 is 4.74 Å². The molecule has 5 nitrogen and oxygen atoms in total. The standard InChI is InChI=1S/C25H33F2N3O2/c1-28(2)13-14-30(25(31)20-10-11-22(26)23(27)15-20)17-19-7-6-12-29(16-19)18-21-8-4-5-9-24(21)32-3/h4-5,8-11,15,19H,6-7,12-14,16-18H2,1-3H3/t19-/m1/s1. The zero-order chi connectivity index (χ0) is 23.1. The molecule has 174 valence electrons. The number of rotatable bonds is 9. The van der Waals surface area contributed by atoms with Gasteiger partial charge < -0.3 is 14.5 Å². The molecule has 2 aromatic rings. The van der Waals surface area contributed by atoms with Crippen LogP contribution >= 0.6 is 0 Å². The molecule has 1 amide bonds. The minimum Gasteiger partial charge on any atom is -0.496 e. The molecule has 2 aromatic carbocycles. The Bertz CT molecular complexity index is 907. The minimum absolute atomic E-state index is 0.185. The Morgan fingerprint density at radius 1 is 1.12 bits per heavy atom. The molecular weight excluding hydrogens is 412 g/mol. The van der Waals surface area contributed by atoms with Crippen molar-refractivity contribution in [3.63, 3.8) is 0 Å². The number of carbonyl (C=O) groups excluding carboxylic acids is 1. The summed E-state index contributed by atoms with van der Waals surface area (Å²) in [5.74, 6) is -0.997. The average molecular weight is 446 g/mol. The second-order valence-electron chi connectivity index (χ2n) is 8.74. The Morgan fingerprint density at radius 3 is 2.62 bits per heavy atom. The number of carbonyl (C=O) groups is 1. The van der Waals surface area contributed by atoms with E-state index in [4.69, 9.17) is 4.74 Å². The summed E-state index contributed by atoms with van der Waals surface area (Å²) in [7, 11) is 5.59. The summed E-state index contributed by atoms with van der Waals surface area (Å²) in [5, 5.41) is 0. The largest absolute Gasteiger partial charge is 0.496 e. The van der Waals surface area contributed by atoms with Gasteiger partial charge in [-0.05, 0) is 63.7 Å². The van der Waals surface area contributed by atoms with E-state index < -0.39 is 11.6 Å². The van der Waals surface area contributed by atoms with Crippen molar-refractivity contribution in [2.45, 2.75) is 19.4 Å². The second-order valence-corrected chi connectivity index (χ2v) is 8.74. The van der Waals surface area contributed by atoms with Crippen LogP contribution in [0.2, 0.25) is 0 Å². The van der Waals surface area contributed by atoms with E-state index in [1.165, 1.54) is 6.07 Å². The Morgan fingerprint density at radius 2 is 1.91 bits per heavy atom. The molecule has 1 aliphatic rings. The first kappa shape index (κ1) is 24.1. The summed E-state index contributed by atoms with van der Waals surface area (Å²) in [5.41, 5.74) is 1.34. The van der Waals surface area contributed by atoms with Gasteiger partial charge in [-0.1, -0.05) is 18.2 Å². The van der Waals surface area contributed by atoms with Gasteiger partial charge in [-0.15, -0.1) is 0 Å². The number of halogens is 2. The van der Waals surface area contributed by atoms with Crippen LogP contribution in [0.1, 0.15) is 28.8 Å². The van der Waals surface area contributed by atoms with Gasteiger partial charge in [0.1, 0.15) is 5.75 Å². The number of ether oxygens (including phenoxy) is 1. The fourth-order valence-corrected chi connectivity index (χ4v) is 4.24. The molecule has 1 saturated heterocycles. The second kappa shape index (κ2) is 11.4. The first-order chi connectivity index (χ1) is 15.4. The third kappa shape index (κ3) is 6.50. The zero-order valence-electron chi connectivity index (χ0n) is 19.2. The third-order valence-electron chi connectivity index (χ3n) is 5.94. The van der Waals surface area contributed by atoms with Gasteiger partial charge in [-0.25, -0.2) is 8.78 Å². The van der Waals surface area contributed by atoms with Gasteiger partial charge >= 0.3 is 0 Å². The zero-order valence-corrected chi connectivity index (χ0v) is 19.2. The number of amides is 1. The molecule has 0 bridgehead atoms. The average Bonchev–Trinajstić information content (AvgIpc) is 2.78. The maximum atomic E-state index is 13.7. The molecule has 1 fully saturated rings. The van der Waals surface area contributed by atoms with Crippen molar-refractivity contribution in [1.82, 2.24) is 14.7 Å². The monoisotopic (exact) mass is 445 g/mol. The molecule has 0 saturated carbocycles.